The predicted molar refractivity (Wildman–Crippen MR) is 120 cm³/mol. The monoisotopic (exact) mass is 424 g/mol. The third kappa shape index (κ3) is 13.3. The van der Waals surface area contributed by atoms with Crippen LogP contribution in [0.2, 0.25) is 0 Å². The molecule has 7 heteroatoms. The molecule has 0 spiro atoms. The van der Waals surface area contributed by atoms with Crippen LogP contribution < -0.4 is 10.0 Å². The van der Waals surface area contributed by atoms with Crippen molar-refractivity contribution in [3.8, 4) is 0 Å². The lowest BCUT2D eigenvalue weighted by Gasteiger charge is -2.08. The van der Waals surface area contributed by atoms with Gasteiger partial charge in [-0.3, -0.25) is 14.3 Å². The summed E-state index contributed by atoms with van der Waals surface area (Å²) < 4.78 is 13.8. The highest BCUT2D eigenvalue weighted by Gasteiger charge is 2.07. The first kappa shape index (κ1) is 25.5. The van der Waals surface area contributed by atoms with E-state index in [1.807, 2.05) is 0 Å². The van der Waals surface area contributed by atoms with Crippen LogP contribution in [-0.4, -0.2) is 44.5 Å². The van der Waals surface area contributed by atoms with Gasteiger partial charge in [0.05, 0.1) is 0 Å². The van der Waals surface area contributed by atoms with Crippen LogP contribution in [0.1, 0.15) is 68.6 Å². The molecule has 29 heavy (non-hydrogen) atoms. The minimum atomic E-state index is -0.178. The molecule has 164 valence electrons. The Morgan fingerprint density at radius 3 is 2.34 bits per heavy atom. The van der Waals surface area contributed by atoms with Crippen molar-refractivity contribution >= 4 is 29.4 Å². The van der Waals surface area contributed by atoms with E-state index in [9.17, 15) is 9.59 Å². The van der Waals surface area contributed by atoms with E-state index < -0.39 is 0 Å². The highest BCUT2D eigenvalue weighted by Crippen LogP contribution is 2.12. The molecule has 1 rings (SSSR count). The third-order valence-corrected chi connectivity index (χ3v) is 4.65. The molecule has 0 heterocycles. The first-order valence-corrected chi connectivity index (χ1v) is 11.8. The largest absolute Gasteiger partial charge is 0.381 e. The molecule has 0 aromatic heterocycles. The van der Waals surface area contributed by atoms with Crippen molar-refractivity contribution in [2.75, 3.05) is 38.0 Å². The quantitative estimate of drug-likeness (QED) is 0.277. The van der Waals surface area contributed by atoms with Crippen LogP contribution in [0.3, 0.4) is 0 Å². The molecule has 2 N–H and O–H groups in total. The average Bonchev–Trinajstić information content (AvgIpc) is 2.72. The van der Waals surface area contributed by atoms with Crippen LogP contribution in [0.5, 0.6) is 0 Å². The number of benzene rings is 1. The average molecular weight is 425 g/mol. The second kappa shape index (κ2) is 17.3. The molecular formula is C22H36N2O4S. The van der Waals surface area contributed by atoms with Crippen molar-refractivity contribution in [3.05, 3.63) is 29.8 Å². The zero-order valence-corrected chi connectivity index (χ0v) is 18.7. The summed E-state index contributed by atoms with van der Waals surface area (Å²) in [5.41, 5.74) is 1.14. The Labute approximate surface area is 179 Å². The SMILES string of the molecule is CCCCCCCOCCCOCCCC(=O)Nc1cccc(C(=O)NSC)c1. The van der Waals surface area contributed by atoms with Gasteiger partial charge < -0.3 is 14.8 Å². The molecule has 0 saturated heterocycles. The Kier molecular flexibility index (Phi) is 15.2. The molecule has 0 unspecified atom stereocenters. The molecule has 0 aliphatic carbocycles. The molecule has 0 aliphatic rings. The number of amides is 2. The Morgan fingerprint density at radius 2 is 1.62 bits per heavy atom. The Hall–Kier alpha value is -1.57. The number of rotatable bonds is 17. The molecule has 0 aliphatic heterocycles. The first-order valence-electron chi connectivity index (χ1n) is 10.6. The van der Waals surface area contributed by atoms with Crippen molar-refractivity contribution in [3.63, 3.8) is 0 Å². The normalized spacial score (nSPS) is 10.7. The van der Waals surface area contributed by atoms with E-state index in [-0.39, 0.29) is 11.8 Å². The lowest BCUT2D eigenvalue weighted by Crippen LogP contribution is -2.16. The van der Waals surface area contributed by atoms with Gasteiger partial charge in [-0.2, -0.15) is 0 Å². The standard InChI is InChI=1S/C22H36N2O4S/c1-3-4-5-6-7-14-27-16-10-17-28-15-9-13-21(25)23-20-12-8-11-19(18-20)22(26)24-29-2/h8,11-12,18H,3-7,9-10,13-17H2,1-2H3,(H,23,25)(H,24,26). The second-order valence-electron chi connectivity index (χ2n) is 6.86. The second-order valence-corrected chi connectivity index (χ2v) is 7.47. The molecule has 0 radical (unpaired) electrons. The van der Waals surface area contributed by atoms with Crippen molar-refractivity contribution in [1.82, 2.24) is 4.72 Å². The Bertz CT molecular complexity index is 584. The lowest BCUT2D eigenvalue weighted by atomic mass is 10.2. The van der Waals surface area contributed by atoms with Crippen LogP contribution in [-0.2, 0) is 14.3 Å². The molecule has 2 amide bonds. The number of unbranched alkanes of at least 4 members (excludes halogenated alkanes) is 4. The van der Waals surface area contributed by atoms with Crippen molar-refractivity contribution in [2.24, 2.45) is 0 Å². The fraction of sp³-hybridized carbons (Fsp3) is 0.636. The van der Waals surface area contributed by atoms with Crippen LogP contribution in [0.4, 0.5) is 5.69 Å². The summed E-state index contributed by atoms with van der Waals surface area (Å²) in [4.78, 5) is 23.9. The zero-order valence-electron chi connectivity index (χ0n) is 17.8. The topological polar surface area (TPSA) is 76.7 Å². The molecule has 1 aromatic carbocycles. The summed E-state index contributed by atoms with van der Waals surface area (Å²) in [6, 6.07) is 6.91. The lowest BCUT2D eigenvalue weighted by molar-refractivity contribution is -0.116. The van der Waals surface area contributed by atoms with E-state index in [0.717, 1.165) is 26.1 Å². The first-order chi connectivity index (χ1) is 14.2. The van der Waals surface area contributed by atoms with Crippen molar-refractivity contribution in [2.45, 2.75) is 58.3 Å². The Morgan fingerprint density at radius 1 is 0.931 bits per heavy atom. The number of ether oxygens (including phenoxy) is 2. The highest BCUT2D eigenvalue weighted by molar-refractivity contribution is 7.97. The van der Waals surface area contributed by atoms with E-state index in [1.165, 1.54) is 37.6 Å². The number of nitrogens with one attached hydrogen (secondary N) is 2. The predicted octanol–water partition coefficient (Wildman–Crippen LogP) is 4.81. The molecule has 0 bridgehead atoms. The van der Waals surface area contributed by atoms with Crippen LogP contribution in [0.15, 0.2) is 24.3 Å². The number of hydrogen-bond acceptors (Lipinski definition) is 5. The van der Waals surface area contributed by atoms with Crippen LogP contribution in [0.25, 0.3) is 0 Å². The maximum atomic E-state index is 12.0. The van der Waals surface area contributed by atoms with E-state index >= 15 is 0 Å². The molecule has 0 saturated carbocycles. The van der Waals surface area contributed by atoms with Gasteiger partial charge in [0.25, 0.3) is 5.91 Å². The van der Waals surface area contributed by atoms with E-state index in [2.05, 4.69) is 17.0 Å². The summed E-state index contributed by atoms with van der Waals surface area (Å²) in [6.07, 6.45) is 9.99. The van der Waals surface area contributed by atoms with Gasteiger partial charge in [-0.1, -0.05) is 50.6 Å². The van der Waals surface area contributed by atoms with E-state index in [4.69, 9.17) is 9.47 Å². The van der Waals surface area contributed by atoms with E-state index in [1.54, 1.807) is 30.5 Å². The van der Waals surface area contributed by atoms with Gasteiger partial charge in [-0.25, -0.2) is 0 Å². The highest BCUT2D eigenvalue weighted by atomic mass is 32.2. The van der Waals surface area contributed by atoms with Crippen molar-refractivity contribution in [1.29, 1.82) is 0 Å². The molecule has 0 atom stereocenters. The Balaban J connectivity index is 2.02. The summed E-state index contributed by atoms with van der Waals surface area (Å²) in [7, 11) is 0. The molecule has 0 fully saturated rings. The minimum Gasteiger partial charge on any atom is -0.381 e. The van der Waals surface area contributed by atoms with Gasteiger partial charge in [-0.05, 0) is 37.5 Å². The third-order valence-electron chi connectivity index (χ3n) is 4.27. The maximum absolute atomic E-state index is 12.0. The van der Waals surface area contributed by atoms with Crippen molar-refractivity contribution < 1.29 is 19.1 Å². The summed E-state index contributed by atoms with van der Waals surface area (Å²) in [5.74, 6) is -0.259. The maximum Gasteiger partial charge on any atom is 0.261 e. The minimum absolute atomic E-state index is 0.0811. The van der Waals surface area contributed by atoms with Crippen LogP contribution >= 0.6 is 11.9 Å². The van der Waals surface area contributed by atoms with Gasteiger partial charge >= 0.3 is 0 Å². The van der Waals surface area contributed by atoms with Gasteiger partial charge in [-0.15, -0.1) is 0 Å². The van der Waals surface area contributed by atoms with Gasteiger partial charge in [0, 0.05) is 50.4 Å². The summed E-state index contributed by atoms with van der Waals surface area (Å²) in [6.45, 7) is 5.00. The number of anilines is 1. The van der Waals surface area contributed by atoms with E-state index in [0.29, 0.717) is 37.3 Å². The number of hydrogen-bond donors (Lipinski definition) is 2. The summed E-state index contributed by atoms with van der Waals surface area (Å²) >= 11 is 1.24. The number of carbonyl (C=O) groups is 2. The van der Waals surface area contributed by atoms with Gasteiger partial charge in [0.1, 0.15) is 0 Å². The molecule has 1 aromatic rings. The molecular weight excluding hydrogens is 388 g/mol. The smallest absolute Gasteiger partial charge is 0.261 e. The zero-order chi connectivity index (χ0) is 21.2. The van der Waals surface area contributed by atoms with Gasteiger partial charge in [0.15, 0.2) is 0 Å². The fourth-order valence-corrected chi connectivity index (χ4v) is 3.03. The number of carbonyl (C=O) groups excluding carboxylic acids is 2. The fourth-order valence-electron chi connectivity index (χ4n) is 2.72. The van der Waals surface area contributed by atoms with Crippen LogP contribution in [0, 0.1) is 0 Å². The summed E-state index contributed by atoms with van der Waals surface area (Å²) in [5, 5.41) is 2.82. The van der Waals surface area contributed by atoms with Gasteiger partial charge in [0.2, 0.25) is 5.91 Å². The molecule has 6 nitrogen and oxygen atoms in total.